The van der Waals surface area contributed by atoms with E-state index in [9.17, 15) is 14.4 Å². The Balaban J connectivity index is 1.79. The van der Waals surface area contributed by atoms with Crippen molar-refractivity contribution in [2.75, 3.05) is 19.0 Å². The number of amides is 1. The highest BCUT2D eigenvalue weighted by molar-refractivity contribution is 6.07. The van der Waals surface area contributed by atoms with Gasteiger partial charge >= 0.3 is 5.97 Å². The predicted octanol–water partition coefficient (Wildman–Crippen LogP) is 3.40. The summed E-state index contributed by atoms with van der Waals surface area (Å²) in [5.41, 5.74) is 1.91. The minimum atomic E-state index is -0.380. The van der Waals surface area contributed by atoms with Crippen LogP contribution in [0.2, 0.25) is 0 Å². The van der Waals surface area contributed by atoms with Gasteiger partial charge in [0.15, 0.2) is 0 Å². The van der Waals surface area contributed by atoms with Crippen LogP contribution in [0.15, 0.2) is 35.1 Å². The predicted molar refractivity (Wildman–Crippen MR) is 110 cm³/mol. The van der Waals surface area contributed by atoms with Crippen LogP contribution in [0.3, 0.4) is 0 Å². The summed E-state index contributed by atoms with van der Waals surface area (Å²) in [7, 11) is 1.45. The van der Waals surface area contributed by atoms with E-state index in [1.807, 2.05) is 6.92 Å². The summed E-state index contributed by atoms with van der Waals surface area (Å²) >= 11 is 0. The zero-order valence-corrected chi connectivity index (χ0v) is 16.8. The van der Waals surface area contributed by atoms with Gasteiger partial charge in [0.2, 0.25) is 0 Å². The van der Waals surface area contributed by atoms with Crippen molar-refractivity contribution in [2.45, 2.75) is 45.6 Å². The number of methoxy groups -OCH3 is 1. The summed E-state index contributed by atoms with van der Waals surface area (Å²) in [6.45, 7) is 3.03. The molecule has 1 aliphatic rings. The molecule has 0 radical (unpaired) electrons. The molecule has 1 amide bonds. The molecule has 0 atom stereocenters. The molecule has 0 saturated carbocycles. The van der Waals surface area contributed by atoms with Gasteiger partial charge in [-0.2, -0.15) is 0 Å². The van der Waals surface area contributed by atoms with Crippen molar-refractivity contribution in [3.63, 3.8) is 0 Å². The smallest absolute Gasteiger partial charge is 0.338 e. The van der Waals surface area contributed by atoms with Crippen molar-refractivity contribution in [3.8, 4) is 5.75 Å². The quantitative estimate of drug-likeness (QED) is 0.571. The van der Waals surface area contributed by atoms with Gasteiger partial charge in [0.25, 0.3) is 11.5 Å². The maximum Gasteiger partial charge on any atom is 0.338 e. The highest BCUT2D eigenvalue weighted by atomic mass is 16.5. The van der Waals surface area contributed by atoms with Crippen molar-refractivity contribution in [1.29, 1.82) is 0 Å². The van der Waals surface area contributed by atoms with Crippen molar-refractivity contribution < 1.29 is 19.1 Å². The standard InChI is InChI=1S/C22H26N2O5/c1-3-4-13-29-22(27)15-8-10-16(11-9-15)23-21(26)20-17-7-5-6-12-24(17)19(25)14-18(20)28-2/h8-11,14H,3-7,12-13H2,1-2H3,(H,23,26). The van der Waals surface area contributed by atoms with Crippen LogP contribution >= 0.6 is 0 Å². The first-order chi connectivity index (χ1) is 14.0. The van der Waals surface area contributed by atoms with Crippen LogP contribution in [-0.4, -0.2) is 30.2 Å². The molecule has 1 aromatic carbocycles. The highest BCUT2D eigenvalue weighted by Crippen LogP contribution is 2.26. The van der Waals surface area contributed by atoms with E-state index in [0.29, 0.717) is 42.1 Å². The summed E-state index contributed by atoms with van der Waals surface area (Å²) in [4.78, 5) is 37.2. The maximum atomic E-state index is 13.0. The van der Waals surface area contributed by atoms with Gasteiger partial charge in [-0.15, -0.1) is 0 Å². The largest absolute Gasteiger partial charge is 0.496 e. The minimum absolute atomic E-state index is 0.154. The topological polar surface area (TPSA) is 86.6 Å². The molecule has 7 heteroatoms. The third kappa shape index (κ3) is 4.67. The summed E-state index contributed by atoms with van der Waals surface area (Å²) in [6, 6.07) is 7.90. The van der Waals surface area contributed by atoms with Gasteiger partial charge in [-0.05, 0) is 49.9 Å². The maximum absolute atomic E-state index is 13.0. The molecule has 7 nitrogen and oxygen atoms in total. The van der Waals surface area contributed by atoms with Crippen LogP contribution < -0.4 is 15.6 Å². The average molecular weight is 398 g/mol. The average Bonchev–Trinajstić information content (AvgIpc) is 2.74. The number of carbonyl (C=O) groups excluding carboxylic acids is 2. The van der Waals surface area contributed by atoms with Gasteiger partial charge in [0.05, 0.1) is 19.3 Å². The Morgan fingerprint density at radius 2 is 1.93 bits per heavy atom. The lowest BCUT2D eigenvalue weighted by Gasteiger charge is -2.22. The first-order valence-electron chi connectivity index (χ1n) is 9.94. The second kappa shape index (κ2) is 9.41. The van der Waals surface area contributed by atoms with Gasteiger partial charge in [0, 0.05) is 24.0 Å². The van der Waals surface area contributed by atoms with Crippen molar-refractivity contribution in [2.24, 2.45) is 0 Å². The monoisotopic (exact) mass is 398 g/mol. The third-order valence-corrected chi connectivity index (χ3v) is 4.98. The van der Waals surface area contributed by atoms with E-state index >= 15 is 0 Å². The first-order valence-corrected chi connectivity index (χ1v) is 9.94. The molecule has 1 aromatic heterocycles. The second-order valence-electron chi connectivity index (χ2n) is 7.00. The van der Waals surface area contributed by atoms with E-state index in [1.165, 1.54) is 13.2 Å². The fourth-order valence-electron chi connectivity index (χ4n) is 3.42. The summed E-state index contributed by atoms with van der Waals surface area (Å²) < 4.78 is 12.1. The molecule has 1 N–H and O–H groups in total. The van der Waals surface area contributed by atoms with Crippen molar-refractivity contribution in [3.05, 3.63) is 57.5 Å². The first kappa shape index (κ1) is 20.6. The number of nitrogens with one attached hydrogen (secondary N) is 1. The molecule has 154 valence electrons. The Morgan fingerprint density at radius 3 is 2.62 bits per heavy atom. The molecule has 0 unspecified atom stereocenters. The van der Waals surface area contributed by atoms with E-state index in [1.54, 1.807) is 28.8 Å². The fourth-order valence-corrected chi connectivity index (χ4v) is 3.42. The Bertz CT molecular complexity index is 947. The van der Waals surface area contributed by atoms with Crippen LogP contribution in [0.25, 0.3) is 0 Å². The van der Waals surface area contributed by atoms with Gasteiger partial charge in [-0.3, -0.25) is 9.59 Å². The van der Waals surface area contributed by atoms with Gasteiger partial charge in [-0.25, -0.2) is 4.79 Å². The van der Waals surface area contributed by atoms with Crippen molar-refractivity contribution >= 4 is 17.6 Å². The molecule has 2 heterocycles. The Labute approximate surface area is 169 Å². The SMILES string of the molecule is CCCCOC(=O)c1ccc(NC(=O)c2c(OC)cc(=O)n3c2CCCC3)cc1. The molecule has 1 aliphatic heterocycles. The summed E-state index contributed by atoms with van der Waals surface area (Å²) in [6.07, 6.45) is 4.26. The van der Waals surface area contributed by atoms with Crippen LogP contribution in [-0.2, 0) is 17.7 Å². The number of fused-ring (bicyclic) bond motifs is 1. The van der Waals surface area contributed by atoms with Gasteiger partial charge in [-0.1, -0.05) is 13.3 Å². The number of esters is 1. The van der Waals surface area contributed by atoms with E-state index in [0.717, 1.165) is 25.7 Å². The van der Waals surface area contributed by atoms with E-state index < -0.39 is 0 Å². The fraction of sp³-hybridized carbons (Fsp3) is 0.409. The Hall–Kier alpha value is -3.09. The number of aromatic nitrogens is 1. The minimum Gasteiger partial charge on any atom is -0.496 e. The lowest BCUT2D eigenvalue weighted by atomic mass is 10.0. The number of carbonyl (C=O) groups is 2. The highest BCUT2D eigenvalue weighted by Gasteiger charge is 2.24. The Kier molecular flexibility index (Phi) is 6.69. The number of ether oxygens (including phenoxy) is 2. The molecule has 0 aliphatic carbocycles. The molecule has 0 bridgehead atoms. The lowest BCUT2D eigenvalue weighted by molar-refractivity contribution is 0.0499. The zero-order chi connectivity index (χ0) is 20.8. The lowest BCUT2D eigenvalue weighted by Crippen LogP contribution is -2.30. The summed E-state index contributed by atoms with van der Waals surface area (Å²) in [5.74, 6) is -0.447. The van der Waals surface area contributed by atoms with E-state index in [-0.39, 0.29) is 23.2 Å². The zero-order valence-electron chi connectivity index (χ0n) is 16.8. The number of hydrogen-bond donors (Lipinski definition) is 1. The van der Waals surface area contributed by atoms with E-state index in [2.05, 4.69) is 5.32 Å². The number of benzene rings is 1. The molecule has 2 aromatic rings. The van der Waals surface area contributed by atoms with Crippen molar-refractivity contribution in [1.82, 2.24) is 4.57 Å². The number of hydrogen-bond acceptors (Lipinski definition) is 5. The summed E-state index contributed by atoms with van der Waals surface area (Å²) in [5, 5.41) is 2.83. The second-order valence-corrected chi connectivity index (χ2v) is 7.00. The molecular weight excluding hydrogens is 372 g/mol. The number of pyridine rings is 1. The molecule has 0 saturated heterocycles. The normalized spacial score (nSPS) is 12.8. The van der Waals surface area contributed by atoms with Crippen LogP contribution in [0.1, 0.15) is 59.0 Å². The number of unbranched alkanes of at least 4 members (excludes halogenated alkanes) is 1. The number of anilines is 1. The van der Waals surface area contributed by atoms with Crippen LogP contribution in [0.5, 0.6) is 5.75 Å². The van der Waals surface area contributed by atoms with Crippen LogP contribution in [0.4, 0.5) is 5.69 Å². The molecule has 0 fully saturated rings. The third-order valence-electron chi connectivity index (χ3n) is 4.98. The number of nitrogens with zero attached hydrogens (tertiary/aromatic N) is 1. The molecule has 29 heavy (non-hydrogen) atoms. The van der Waals surface area contributed by atoms with Gasteiger partial charge in [0.1, 0.15) is 11.3 Å². The van der Waals surface area contributed by atoms with E-state index in [4.69, 9.17) is 9.47 Å². The van der Waals surface area contributed by atoms with Gasteiger partial charge < -0.3 is 19.4 Å². The molecule has 3 rings (SSSR count). The Morgan fingerprint density at radius 1 is 1.17 bits per heavy atom. The molecule has 0 spiro atoms. The van der Waals surface area contributed by atoms with Crippen LogP contribution in [0, 0.1) is 0 Å². The molecular formula is C22H26N2O5. The number of rotatable bonds is 7.